The Kier molecular flexibility index (Phi) is 6.21. The van der Waals surface area contributed by atoms with E-state index in [2.05, 4.69) is 15.4 Å². The van der Waals surface area contributed by atoms with Crippen LogP contribution in [0.15, 0.2) is 72.8 Å². The van der Waals surface area contributed by atoms with E-state index >= 15 is 0 Å². The minimum atomic E-state index is -4.78. The fourth-order valence-corrected chi connectivity index (χ4v) is 3.52. The minimum Gasteiger partial charge on any atom is -0.406 e. The molecule has 1 heterocycles. The van der Waals surface area contributed by atoms with Gasteiger partial charge in [-0.05, 0) is 53.1 Å². The number of fused-ring (bicyclic) bond motifs is 1. The van der Waals surface area contributed by atoms with Gasteiger partial charge in [-0.2, -0.15) is 0 Å². The lowest BCUT2D eigenvalue weighted by Crippen LogP contribution is -2.30. The first-order chi connectivity index (χ1) is 15.8. The zero-order valence-electron chi connectivity index (χ0n) is 17.4. The van der Waals surface area contributed by atoms with E-state index in [1.54, 1.807) is 35.2 Å². The van der Waals surface area contributed by atoms with Crippen molar-refractivity contribution in [1.29, 1.82) is 0 Å². The third kappa shape index (κ3) is 5.82. The van der Waals surface area contributed by atoms with Gasteiger partial charge in [0.25, 0.3) is 5.91 Å². The van der Waals surface area contributed by atoms with Crippen molar-refractivity contribution < 1.29 is 27.5 Å². The highest BCUT2D eigenvalue weighted by Gasteiger charge is 2.31. The number of hydrogen-bond donors (Lipinski definition) is 2. The van der Waals surface area contributed by atoms with E-state index in [-0.39, 0.29) is 18.3 Å². The van der Waals surface area contributed by atoms with E-state index in [1.807, 2.05) is 24.3 Å². The summed E-state index contributed by atoms with van der Waals surface area (Å²) in [5.41, 5.74) is 3.60. The Morgan fingerprint density at radius 3 is 2.21 bits per heavy atom. The molecular formula is C24H20F3N3O3. The fraction of sp³-hybridized carbons (Fsp3) is 0.167. The Balaban J connectivity index is 1.30. The Morgan fingerprint density at radius 2 is 1.58 bits per heavy atom. The van der Waals surface area contributed by atoms with Crippen LogP contribution in [0.4, 0.5) is 23.7 Å². The summed E-state index contributed by atoms with van der Waals surface area (Å²) in [6.07, 6.45) is -4.78. The number of nitrogens with one attached hydrogen (secondary N) is 2. The zero-order chi connectivity index (χ0) is 23.4. The largest absolute Gasteiger partial charge is 0.573 e. The molecule has 0 aromatic heterocycles. The van der Waals surface area contributed by atoms with Crippen LogP contribution in [0.3, 0.4) is 0 Å². The van der Waals surface area contributed by atoms with Crippen molar-refractivity contribution in [3.63, 3.8) is 0 Å². The number of nitrogens with zero attached hydrogens (tertiary/aromatic N) is 1. The van der Waals surface area contributed by atoms with E-state index in [0.717, 1.165) is 11.1 Å². The van der Waals surface area contributed by atoms with Crippen LogP contribution in [0.1, 0.15) is 27.0 Å². The van der Waals surface area contributed by atoms with E-state index in [9.17, 15) is 22.8 Å². The molecule has 3 aromatic rings. The van der Waals surface area contributed by atoms with Crippen LogP contribution in [-0.2, 0) is 19.6 Å². The van der Waals surface area contributed by atoms with Crippen LogP contribution in [-0.4, -0.2) is 23.2 Å². The number of amides is 3. The van der Waals surface area contributed by atoms with E-state index in [0.29, 0.717) is 29.9 Å². The maximum atomic E-state index is 12.5. The summed E-state index contributed by atoms with van der Waals surface area (Å²) in [7, 11) is 0. The summed E-state index contributed by atoms with van der Waals surface area (Å²) in [5.74, 6) is -0.750. The molecule has 170 valence electrons. The minimum absolute atomic E-state index is 0.0297. The number of halogens is 3. The number of carbonyl (C=O) groups is 2. The van der Waals surface area contributed by atoms with Crippen molar-refractivity contribution in [1.82, 2.24) is 10.2 Å². The molecule has 3 amide bonds. The van der Waals surface area contributed by atoms with Crippen molar-refractivity contribution >= 4 is 17.6 Å². The number of ether oxygens (including phenoxy) is 1. The van der Waals surface area contributed by atoms with Gasteiger partial charge >= 0.3 is 12.4 Å². The van der Waals surface area contributed by atoms with Gasteiger partial charge in [-0.1, -0.05) is 36.4 Å². The molecule has 6 nitrogen and oxygen atoms in total. The van der Waals surface area contributed by atoms with Crippen molar-refractivity contribution in [2.24, 2.45) is 0 Å². The SMILES string of the molecule is O=C(NCc1cccc(OC(F)(F)F)c1)c1ccc(NC(=O)N2Cc3ccccc3C2)cc1. The number of alkyl halides is 3. The molecule has 2 N–H and O–H groups in total. The molecule has 0 unspecified atom stereocenters. The molecule has 0 radical (unpaired) electrons. The van der Waals surface area contributed by atoms with Gasteiger partial charge in [0.2, 0.25) is 0 Å². The summed E-state index contributed by atoms with van der Waals surface area (Å²) in [6, 6.07) is 19.4. The third-order valence-electron chi connectivity index (χ3n) is 5.11. The highest BCUT2D eigenvalue weighted by molar-refractivity contribution is 5.95. The standard InChI is InChI=1S/C24H20F3N3O3/c25-24(26,27)33-21-7-3-4-16(12-21)13-28-22(31)17-8-10-20(11-9-17)29-23(32)30-14-18-5-1-2-6-19(18)15-30/h1-12H,13-15H2,(H,28,31)(H,29,32). The molecule has 0 saturated heterocycles. The first kappa shape index (κ1) is 22.2. The summed E-state index contributed by atoms with van der Waals surface area (Å²) in [6.45, 7) is 1.11. The first-order valence-electron chi connectivity index (χ1n) is 10.1. The van der Waals surface area contributed by atoms with Crippen LogP contribution < -0.4 is 15.4 Å². The van der Waals surface area contributed by atoms with Crippen molar-refractivity contribution in [3.8, 4) is 5.75 Å². The normalized spacial score (nSPS) is 12.8. The molecule has 9 heteroatoms. The molecular weight excluding hydrogens is 435 g/mol. The molecule has 0 saturated carbocycles. The third-order valence-corrected chi connectivity index (χ3v) is 5.11. The second kappa shape index (κ2) is 9.23. The van der Waals surface area contributed by atoms with Gasteiger partial charge in [-0.15, -0.1) is 13.2 Å². The Hall–Kier alpha value is -4.01. The summed E-state index contributed by atoms with van der Waals surface area (Å²) < 4.78 is 40.9. The number of urea groups is 1. The van der Waals surface area contributed by atoms with Gasteiger partial charge in [-0.25, -0.2) is 4.79 Å². The molecule has 33 heavy (non-hydrogen) atoms. The van der Waals surface area contributed by atoms with Crippen molar-refractivity contribution in [3.05, 3.63) is 95.1 Å². The average Bonchev–Trinajstić information content (AvgIpc) is 3.22. The van der Waals surface area contributed by atoms with Crippen LogP contribution >= 0.6 is 0 Å². The predicted octanol–water partition coefficient (Wildman–Crippen LogP) is 5.06. The Labute approximate surface area is 188 Å². The lowest BCUT2D eigenvalue weighted by molar-refractivity contribution is -0.274. The highest BCUT2D eigenvalue weighted by Crippen LogP contribution is 2.24. The van der Waals surface area contributed by atoms with Crippen molar-refractivity contribution in [2.45, 2.75) is 26.0 Å². The quantitative estimate of drug-likeness (QED) is 0.565. The van der Waals surface area contributed by atoms with Gasteiger partial charge in [0, 0.05) is 30.9 Å². The van der Waals surface area contributed by atoms with Crippen LogP contribution in [0.5, 0.6) is 5.75 Å². The summed E-state index contributed by atoms with van der Waals surface area (Å²) >= 11 is 0. The number of benzene rings is 3. The van der Waals surface area contributed by atoms with Crippen LogP contribution in [0, 0.1) is 0 Å². The van der Waals surface area contributed by atoms with Gasteiger partial charge in [-0.3, -0.25) is 4.79 Å². The smallest absolute Gasteiger partial charge is 0.406 e. The highest BCUT2D eigenvalue weighted by atomic mass is 19.4. The molecule has 0 aliphatic carbocycles. The lowest BCUT2D eigenvalue weighted by atomic mass is 10.1. The fourth-order valence-electron chi connectivity index (χ4n) is 3.52. The Morgan fingerprint density at radius 1 is 0.909 bits per heavy atom. The second-order valence-corrected chi connectivity index (χ2v) is 7.51. The van der Waals surface area contributed by atoms with Crippen LogP contribution in [0.2, 0.25) is 0 Å². The van der Waals surface area contributed by atoms with Gasteiger partial charge in [0.1, 0.15) is 5.75 Å². The monoisotopic (exact) mass is 455 g/mol. The summed E-state index contributed by atoms with van der Waals surface area (Å²) in [5, 5.41) is 5.47. The number of anilines is 1. The molecule has 1 aliphatic heterocycles. The van der Waals surface area contributed by atoms with E-state index < -0.39 is 12.3 Å². The van der Waals surface area contributed by atoms with Crippen LogP contribution in [0.25, 0.3) is 0 Å². The van der Waals surface area contributed by atoms with Crippen molar-refractivity contribution in [2.75, 3.05) is 5.32 Å². The molecule has 4 rings (SSSR count). The number of carbonyl (C=O) groups excluding carboxylic acids is 2. The van der Waals surface area contributed by atoms with Gasteiger partial charge < -0.3 is 20.3 Å². The van der Waals surface area contributed by atoms with E-state index in [4.69, 9.17) is 0 Å². The Bertz CT molecular complexity index is 1140. The summed E-state index contributed by atoms with van der Waals surface area (Å²) in [4.78, 5) is 26.6. The maximum absolute atomic E-state index is 12.5. The molecule has 0 bridgehead atoms. The average molecular weight is 455 g/mol. The van der Waals surface area contributed by atoms with Gasteiger partial charge in [0.15, 0.2) is 0 Å². The molecule has 1 aliphatic rings. The second-order valence-electron chi connectivity index (χ2n) is 7.51. The molecule has 0 fully saturated rings. The van der Waals surface area contributed by atoms with Gasteiger partial charge in [0.05, 0.1) is 0 Å². The van der Waals surface area contributed by atoms with E-state index in [1.165, 1.54) is 18.2 Å². The number of hydrogen-bond acceptors (Lipinski definition) is 3. The topological polar surface area (TPSA) is 70.7 Å². The predicted molar refractivity (Wildman–Crippen MR) is 115 cm³/mol. The molecule has 3 aromatic carbocycles. The number of rotatable bonds is 5. The zero-order valence-corrected chi connectivity index (χ0v) is 17.4. The maximum Gasteiger partial charge on any atom is 0.573 e. The molecule has 0 spiro atoms. The molecule has 0 atom stereocenters. The first-order valence-corrected chi connectivity index (χ1v) is 10.1. The lowest BCUT2D eigenvalue weighted by Gasteiger charge is -2.16.